The molecule has 0 aliphatic heterocycles. The Labute approximate surface area is 106 Å². The molecule has 0 aliphatic rings. The average Bonchev–Trinajstić information content (AvgIpc) is 2.58. The van der Waals surface area contributed by atoms with Crippen LogP contribution < -0.4 is 5.73 Å². The predicted octanol–water partition coefficient (Wildman–Crippen LogP) is 1.43. The molecule has 6 heteroatoms. The molecule has 5 nitrogen and oxygen atoms in total. The Bertz CT molecular complexity index is 428. The monoisotopic (exact) mass is 255 g/mol. The van der Waals surface area contributed by atoms with Crippen LogP contribution in [0, 0.1) is 13.8 Å². The lowest BCUT2D eigenvalue weighted by Crippen LogP contribution is -2.33. The Hall–Kier alpha value is -1.43. The normalized spacial score (nSPS) is 10.3. The number of rotatable bonds is 5. The summed E-state index contributed by atoms with van der Waals surface area (Å²) in [6.45, 7) is 6.46. The van der Waals surface area contributed by atoms with Crippen LogP contribution >= 0.6 is 12.2 Å². The number of oxazole rings is 1. The first-order valence-corrected chi connectivity index (χ1v) is 5.88. The number of hydrogen-bond donors (Lipinski definition) is 1. The molecule has 17 heavy (non-hydrogen) atoms. The number of carbonyl (C=O) groups is 1. The minimum absolute atomic E-state index is 0.165. The van der Waals surface area contributed by atoms with Crippen molar-refractivity contribution >= 4 is 23.1 Å². The Morgan fingerprint density at radius 1 is 1.53 bits per heavy atom. The van der Waals surface area contributed by atoms with Crippen LogP contribution in [-0.2, 0) is 0 Å². The van der Waals surface area contributed by atoms with E-state index in [1.807, 2.05) is 6.92 Å². The maximum absolute atomic E-state index is 12.1. The van der Waals surface area contributed by atoms with Gasteiger partial charge >= 0.3 is 0 Å². The van der Waals surface area contributed by atoms with Gasteiger partial charge in [-0.05, 0) is 13.8 Å². The summed E-state index contributed by atoms with van der Waals surface area (Å²) in [6.07, 6.45) is 0.515. The highest BCUT2D eigenvalue weighted by Crippen LogP contribution is 2.12. The third-order valence-corrected chi connectivity index (χ3v) is 2.60. The van der Waals surface area contributed by atoms with E-state index < -0.39 is 0 Å². The fourth-order valence-electron chi connectivity index (χ4n) is 1.52. The molecule has 0 spiro atoms. The number of thiocarbonyl (C=S) groups is 1. The average molecular weight is 255 g/mol. The second kappa shape index (κ2) is 5.77. The number of hydrogen-bond acceptors (Lipinski definition) is 4. The number of nitrogens with zero attached hydrogens (tertiary/aromatic N) is 2. The SMILES string of the molecule is CCN(CCC(N)=S)C(=O)c1oc(C)nc1C. The van der Waals surface area contributed by atoms with Crippen LogP contribution in [0.2, 0.25) is 0 Å². The summed E-state index contributed by atoms with van der Waals surface area (Å²) in [5, 5.41) is 0. The van der Waals surface area contributed by atoms with Gasteiger partial charge in [-0.15, -0.1) is 0 Å². The van der Waals surface area contributed by atoms with E-state index in [4.69, 9.17) is 22.4 Å². The van der Waals surface area contributed by atoms with Crippen molar-refractivity contribution in [3.05, 3.63) is 17.3 Å². The Balaban J connectivity index is 2.79. The zero-order valence-electron chi connectivity index (χ0n) is 10.3. The summed E-state index contributed by atoms with van der Waals surface area (Å²) in [6, 6.07) is 0. The molecule has 0 atom stereocenters. The van der Waals surface area contributed by atoms with E-state index in [9.17, 15) is 4.79 Å². The van der Waals surface area contributed by atoms with Gasteiger partial charge < -0.3 is 15.1 Å². The standard InChI is InChI=1S/C11H17N3O2S/c1-4-14(6-5-9(12)17)11(15)10-7(2)13-8(3)16-10/h4-6H2,1-3H3,(H2,12,17). The topological polar surface area (TPSA) is 72.4 Å². The summed E-state index contributed by atoms with van der Waals surface area (Å²) in [7, 11) is 0. The molecule has 0 aromatic carbocycles. The number of aryl methyl sites for hydroxylation is 2. The molecular weight excluding hydrogens is 238 g/mol. The minimum Gasteiger partial charge on any atom is -0.436 e. The van der Waals surface area contributed by atoms with Crippen molar-refractivity contribution < 1.29 is 9.21 Å². The first kappa shape index (κ1) is 13.6. The van der Waals surface area contributed by atoms with Gasteiger partial charge in [0.05, 0.1) is 10.7 Å². The number of carbonyl (C=O) groups excluding carboxylic acids is 1. The smallest absolute Gasteiger partial charge is 0.291 e. The van der Waals surface area contributed by atoms with Gasteiger partial charge in [0.25, 0.3) is 5.91 Å². The lowest BCUT2D eigenvalue weighted by molar-refractivity contribution is 0.0734. The molecule has 1 rings (SSSR count). The van der Waals surface area contributed by atoms with Crippen LogP contribution in [0.4, 0.5) is 0 Å². The van der Waals surface area contributed by atoms with E-state index >= 15 is 0 Å². The maximum atomic E-state index is 12.1. The van der Waals surface area contributed by atoms with Crippen molar-refractivity contribution in [3.8, 4) is 0 Å². The summed E-state index contributed by atoms with van der Waals surface area (Å²) >= 11 is 4.80. The van der Waals surface area contributed by atoms with Gasteiger partial charge in [-0.3, -0.25) is 4.79 Å². The van der Waals surface area contributed by atoms with Gasteiger partial charge in [0.15, 0.2) is 5.89 Å². The van der Waals surface area contributed by atoms with Gasteiger partial charge in [-0.1, -0.05) is 12.2 Å². The molecule has 1 aromatic heterocycles. The predicted molar refractivity (Wildman–Crippen MR) is 69.0 cm³/mol. The van der Waals surface area contributed by atoms with Gasteiger partial charge in [0, 0.05) is 26.4 Å². The van der Waals surface area contributed by atoms with Gasteiger partial charge in [0.1, 0.15) is 0 Å². The van der Waals surface area contributed by atoms with Crippen LogP contribution in [0.1, 0.15) is 35.5 Å². The second-order valence-corrected chi connectivity index (χ2v) is 4.27. The molecule has 1 aromatic rings. The molecule has 94 valence electrons. The lowest BCUT2D eigenvalue weighted by atomic mass is 10.3. The van der Waals surface area contributed by atoms with Crippen LogP contribution in [0.25, 0.3) is 0 Å². The van der Waals surface area contributed by atoms with Crippen LogP contribution in [0.3, 0.4) is 0 Å². The van der Waals surface area contributed by atoms with E-state index in [2.05, 4.69) is 4.98 Å². The quantitative estimate of drug-likeness (QED) is 0.806. The summed E-state index contributed by atoms with van der Waals surface area (Å²) < 4.78 is 5.30. The van der Waals surface area contributed by atoms with Crippen molar-refractivity contribution in [2.75, 3.05) is 13.1 Å². The Morgan fingerprint density at radius 2 is 2.18 bits per heavy atom. The largest absolute Gasteiger partial charge is 0.436 e. The molecule has 0 bridgehead atoms. The number of amides is 1. The van der Waals surface area contributed by atoms with E-state index in [1.165, 1.54) is 0 Å². The third kappa shape index (κ3) is 3.52. The molecule has 0 radical (unpaired) electrons. The van der Waals surface area contributed by atoms with Gasteiger partial charge in [-0.25, -0.2) is 4.98 Å². The highest BCUT2D eigenvalue weighted by atomic mass is 32.1. The zero-order chi connectivity index (χ0) is 13.0. The van der Waals surface area contributed by atoms with Crippen molar-refractivity contribution in [1.29, 1.82) is 0 Å². The number of aromatic nitrogens is 1. The zero-order valence-corrected chi connectivity index (χ0v) is 11.1. The Morgan fingerprint density at radius 3 is 2.59 bits per heavy atom. The summed E-state index contributed by atoms with van der Waals surface area (Å²) in [5.41, 5.74) is 6.04. The first-order valence-electron chi connectivity index (χ1n) is 5.47. The molecule has 0 aliphatic carbocycles. The minimum atomic E-state index is -0.165. The van der Waals surface area contributed by atoms with E-state index in [0.717, 1.165) is 0 Å². The number of nitrogens with two attached hydrogens (primary N) is 1. The second-order valence-electron chi connectivity index (χ2n) is 3.75. The molecule has 0 saturated heterocycles. The molecule has 0 fully saturated rings. The van der Waals surface area contributed by atoms with Crippen LogP contribution in [0.15, 0.2) is 4.42 Å². The van der Waals surface area contributed by atoms with Crippen LogP contribution in [0.5, 0.6) is 0 Å². The first-order chi connectivity index (χ1) is 7.95. The van der Waals surface area contributed by atoms with E-state index in [-0.39, 0.29) is 5.91 Å². The molecular formula is C11H17N3O2S. The molecule has 1 heterocycles. The molecule has 0 unspecified atom stereocenters. The summed E-state index contributed by atoms with van der Waals surface area (Å²) in [5.74, 6) is 0.630. The highest BCUT2D eigenvalue weighted by Gasteiger charge is 2.21. The fraction of sp³-hybridized carbons (Fsp3) is 0.545. The Kier molecular flexibility index (Phi) is 4.62. The van der Waals surface area contributed by atoms with Crippen LogP contribution in [-0.4, -0.2) is 33.9 Å². The molecule has 1 amide bonds. The van der Waals surface area contributed by atoms with Gasteiger partial charge in [-0.2, -0.15) is 0 Å². The molecule has 0 saturated carbocycles. The van der Waals surface area contributed by atoms with E-state index in [0.29, 0.717) is 41.8 Å². The summed E-state index contributed by atoms with van der Waals surface area (Å²) in [4.78, 5) is 18.3. The molecule has 2 N–H and O–H groups in total. The van der Waals surface area contributed by atoms with E-state index in [1.54, 1.807) is 18.7 Å². The van der Waals surface area contributed by atoms with Crippen molar-refractivity contribution in [2.24, 2.45) is 5.73 Å². The highest BCUT2D eigenvalue weighted by molar-refractivity contribution is 7.80. The maximum Gasteiger partial charge on any atom is 0.291 e. The van der Waals surface area contributed by atoms with Crippen molar-refractivity contribution in [1.82, 2.24) is 9.88 Å². The van der Waals surface area contributed by atoms with Gasteiger partial charge in [0.2, 0.25) is 5.76 Å². The van der Waals surface area contributed by atoms with Crippen molar-refractivity contribution in [2.45, 2.75) is 27.2 Å². The lowest BCUT2D eigenvalue weighted by Gasteiger charge is -2.19. The fourth-order valence-corrected chi connectivity index (χ4v) is 1.61. The van der Waals surface area contributed by atoms with Crippen molar-refractivity contribution in [3.63, 3.8) is 0 Å². The third-order valence-electron chi connectivity index (χ3n) is 2.39.